The van der Waals surface area contributed by atoms with Gasteiger partial charge in [0.2, 0.25) is 23.6 Å². The first kappa shape index (κ1) is 40.1. The minimum absolute atomic E-state index is 0.0935. The first-order chi connectivity index (χ1) is 22.8. The van der Waals surface area contributed by atoms with Crippen molar-refractivity contribution in [1.29, 1.82) is 0 Å². The summed E-state index contributed by atoms with van der Waals surface area (Å²) in [4.78, 5) is 59.0. The zero-order chi connectivity index (χ0) is 35.5. The molecule has 0 aromatic carbocycles. The van der Waals surface area contributed by atoms with E-state index in [-0.39, 0.29) is 30.3 Å². The van der Waals surface area contributed by atoms with E-state index in [1.165, 1.54) is 6.92 Å². The third-order valence-electron chi connectivity index (χ3n) is 10.8. The Kier molecular flexibility index (Phi) is 16.0. The van der Waals surface area contributed by atoms with Crippen molar-refractivity contribution in [2.24, 2.45) is 23.5 Å². The summed E-state index contributed by atoms with van der Waals surface area (Å²) in [5.74, 6) is -1.36. The normalized spacial score (nSPS) is 32.8. The quantitative estimate of drug-likeness (QED) is 0.195. The Morgan fingerprint density at radius 1 is 0.896 bits per heavy atom. The lowest BCUT2D eigenvalue weighted by atomic mass is 9.83. The number of likely N-dealkylation sites (N-methyl/N-ethyl adjacent to an activating group) is 1. The molecule has 13 nitrogen and oxygen atoms in total. The molecule has 0 aromatic heterocycles. The van der Waals surface area contributed by atoms with Crippen LogP contribution in [0.2, 0.25) is 0 Å². The first-order valence-electron chi connectivity index (χ1n) is 18.5. The molecule has 0 aromatic rings. The molecule has 48 heavy (non-hydrogen) atoms. The number of aliphatic hydroxyl groups is 2. The number of nitrogens with zero attached hydrogens (tertiary/aromatic N) is 2. The average Bonchev–Trinajstić information content (AvgIpc) is 3.58. The Bertz CT molecular complexity index is 1050. The zero-order valence-electron chi connectivity index (χ0n) is 30.2. The van der Waals surface area contributed by atoms with Crippen LogP contribution in [0, 0.1) is 17.8 Å². The van der Waals surface area contributed by atoms with Gasteiger partial charge in [-0.3, -0.25) is 29.4 Å². The molecule has 3 fully saturated rings. The standard InChI is InChI=1S/C35H65N7O6/c1-7-26-20-42(19-24-13-11-12-14-24)22(4)35(48)41(6)28(17-21(2)3)32(45)40-30(25-15-9-8-10-16-25)34(47)38-27(18-36)31(44)39-29(23(5)43)33(46)37-26/h21-30,32,40,43,45H,7-20,36H2,1-6H3,(H,37,46)(H,38,47)(H,39,44)/t22-,23-,26+,27-,28-,29-,30-,32?/m0/s1. The van der Waals surface area contributed by atoms with Crippen LogP contribution in [-0.4, -0.2) is 119 Å². The average molecular weight is 680 g/mol. The number of amides is 4. The molecule has 0 radical (unpaired) electrons. The van der Waals surface area contributed by atoms with Gasteiger partial charge in [0, 0.05) is 32.7 Å². The van der Waals surface area contributed by atoms with Crippen LogP contribution in [0.1, 0.15) is 105 Å². The topological polar surface area (TPSA) is 189 Å². The predicted molar refractivity (Wildman–Crippen MR) is 185 cm³/mol. The van der Waals surface area contributed by atoms with E-state index in [4.69, 9.17) is 5.73 Å². The van der Waals surface area contributed by atoms with Gasteiger partial charge < -0.3 is 36.8 Å². The number of rotatable bonds is 8. The molecule has 8 N–H and O–H groups in total. The molecule has 3 aliphatic rings. The summed E-state index contributed by atoms with van der Waals surface area (Å²) in [5.41, 5.74) is 5.97. The highest BCUT2D eigenvalue weighted by Gasteiger charge is 2.39. The molecular formula is C35H65N7O6. The third kappa shape index (κ3) is 11.1. The van der Waals surface area contributed by atoms with Crippen molar-refractivity contribution in [1.82, 2.24) is 31.1 Å². The van der Waals surface area contributed by atoms with E-state index in [0.29, 0.717) is 31.8 Å². The van der Waals surface area contributed by atoms with E-state index in [1.54, 1.807) is 11.9 Å². The molecule has 1 unspecified atom stereocenters. The number of aliphatic hydroxyl groups excluding tert-OH is 2. The predicted octanol–water partition coefficient (Wildman–Crippen LogP) is 0.815. The number of nitrogens with one attached hydrogen (secondary N) is 4. The number of hydrogen-bond acceptors (Lipinski definition) is 9. The number of nitrogens with two attached hydrogens (primary N) is 1. The summed E-state index contributed by atoms with van der Waals surface area (Å²) in [6, 6.07) is -4.81. The van der Waals surface area contributed by atoms with Crippen LogP contribution in [0.4, 0.5) is 0 Å². The highest BCUT2D eigenvalue weighted by molar-refractivity contribution is 5.93. The van der Waals surface area contributed by atoms with Gasteiger partial charge in [0.25, 0.3) is 0 Å². The van der Waals surface area contributed by atoms with Crippen LogP contribution in [0.15, 0.2) is 0 Å². The highest BCUT2D eigenvalue weighted by Crippen LogP contribution is 2.29. The second kappa shape index (κ2) is 19.2. The van der Waals surface area contributed by atoms with Gasteiger partial charge in [-0.25, -0.2) is 0 Å². The molecule has 0 spiro atoms. The van der Waals surface area contributed by atoms with Gasteiger partial charge in [0.1, 0.15) is 18.3 Å². The molecule has 4 amide bonds. The number of carbonyl (C=O) groups excluding carboxylic acids is 4. The smallest absolute Gasteiger partial charge is 0.245 e. The van der Waals surface area contributed by atoms with Crippen LogP contribution in [0.5, 0.6) is 0 Å². The van der Waals surface area contributed by atoms with Crippen molar-refractivity contribution < 1.29 is 29.4 Å². The van der Waals surface area contributed by atoms with Crippen LogP contribution in [0.3, 0.4) is 0 Å². The van der Waals surface area contributed by atoms with Crippen LogP contribution >= 0.6 is 0 Å². The molecule has 2 saturated carbocycles. The van der Waals surface area contributed by atoms with Crippen molar-refractivity contribution in [3.63, 3.8) is 0 Å². The Hall–Kier alpha value is -2.32. The van der Waals surface area contributed by atoms with Gasteiger partial charge in [-0.15, -0.1) is 0 Å². The van der Waals surface area contributed by atoms with Gasteiger partial charge >= 0.3 is 0 Å². The maximum atomic E-state index is 14.3. The molecule has 1 saturated heterocycles. The van der Waals surface area contributed by atoms with Crippen molar-refractivity contribution in [3.8, 4) is 0 Å². The second-order valence-corrected chi connectivity index (χ2v) is 15.1. The fourth-order valence-electron chi connectivity index (χ4n) is 7.70. The first-order valence-corrected chi connectivity index (χ1v) is 18.5. The fraction of sp³-hybridized carbons (Fsp3) is 0.886. The zero-order valence-corrected chi connectivity index (χ0v) is 30.2. The van der Waals surface area contributed by atoms with E-state index in [1.807, 2.05) is 27.7 Å². The van der Waals surface area contributed by atoms with Crippen LogP contribution in [0.25, 0.3) is 0 Å². The van der Waals surface area contributed by atoms with Crippen molar-refractivity contribution in [2.75, 3.05) is 26.7 Å². The summed E-state index contributed by atoms with van der Waals surface area (Å²) >= 11 is 0. The molecular weight excluding hydrogens is 614 g/mol. The van der Waals surface area contributed by atoms with Crippen LogP contribution < -0.4 is 27.0 Å². The van der Waals surface area contributed by atoms with E-state index >= 15 is 0 Å². The summed E-state index contributed by atoms with van der Waals surface area (Å²) in [5, 5.41) is 34.0. The highest BCUT2D eigenvalue weighted by atomic mass is 16.3. The molecule has 1 heterocycles. The summed E-state index contributed by atoms with van der Waals surface area (Å²) < 4.78 is 0. The summed E-state index contributed by atoms with van der Waals surface area (Å²) in [7, 11) is 1.72. The van der Waals surface area contributed by atoms with Gasteiger partial charge in [-0.1, -0.05) is 52.9 Å². The van der Waals surface area contributed by atoms with Crippen molar-refractivity contribution >= 4 is 23.6 Å². The summed E-state index contributed by atoms with van der Waals surface area (Å²) in [6.07, 6.45) is 7.60. The maximum Gasteiger partial charge on any atom is 0.245 e. The summed E-state index contributed by atoms with van der Waals surface area (Å²) in [6.45, 7) is 10.2. The van der Waals surface area contributed by atoms with E-state index in [0.717, 1.165) is 57.8 Å². The lowest BCUT2D eigenvalue weighted by Gasteiger charge is -2.41. The lowest BCUT2D eigenvalue weighted by Crippen LogP contribution is -2.64. The van der Waals surface area contributed by atoms with Gasteiger partial charge in [0.15, 0.2) is 0 Å². The van der Waals surface area contributed by atoms with Gasteiger partial charge in [-0.05, 0) is 70.1 Å². The van der Waals surface area contributed by atoms with E-state index in [2.05, 4.69) is 26.2 Å². The second-order valence-electron chi connectivity index (χ2n) is 15.1. The van der Waals surface area contributed by atoms with Crippen molar-refractivity contribution in [2.45, 2.75) is 154 Å². The third-order valence-corrected chi connectivity index (χ3v) is 10.8. The Morgan fingerprint density at radius 2 is 1.52 bits per heavy atom. The van der Waals surface area contributed by atoms with Crippen LogP contribution in [-0.2, 0) is 19.2 Å². The van der Waals surface area contributed by atoms with E-state index in [9.17, 15) is 29.4 Å². The molecule has 1 aliphatic heterocycles. The molecule has 0 bridgehead atoms. The minimum Gasteiger partial charge on any atom is -0.391 e. The van der Waals surface area contributed by atoms with Gasteiger partial charge in [0.05, 0.1) is 24.2 Å². The molecule has 8 atom stereocenters. The molecule has 13 heteroatoms. The number of hydrogen-bond donors (Lipinski definition) is 7. The minimum atomic E-state index is -1.28. The monoisotopic (exact) mass is 679 g/mol. The molecule has 2 aliphatic carbocycles. The Balaban J connectivity index is 2.05. The lowest BCUT2D eigenvalue weighted by molar-refractivity contribution is -0.142. The molecule has 3 rings (SSSR count). The van der Waals surface area contributed by atoms with Crippen molar-refractivity contribution in [3.05, 3.63) is 0 Å². The largest absolute Gasteiger partial charge is 0.391 e. The van der Waals surface area contributed by atoms with E-state index < -0.39 is 60.3 Å². The van der Waals surface area contributed by atoms with Gasteiger partial charge in [-0.2, -0.15) is 0 Å². The fourth-order valence-corrected chi connectivity index (χ4v) is 7.70. The maximum absolute atomic E-state index is 14.3. The molecule has 276 valence electrons. The number of carbonyl (C=O) groups is 4. The SMILES string of the molecule is CC[C@@H]1CN(CC2CCCC2)[C@@H](C)C(=O)N(C)[C@@H](CC(C)C)C(O)N[C@@H](C2CCCCC2)C(=O)N[C@@H](CN)C(=O)N[C@@H]([C@H](C)O)C(=O)N1. The Labute approximate surface area is 287 Å². The Morgan fingerprint density at radius 3 is 2.08 bits per heavy atom.